The van der Waals surface area contributed by atoms with Crippen LogP contribution in [0.5, 0.6) is 5.75 Å². The lowest BCUT2D eigenvalue weighted by atomic mass is 10.2. The topological polar surface area (TPSA) is 64.6 Å². The Morgan fingerprint density at radius 3 is 2.43 bits per heavy atom. The number of ether oxygens (including phenoxy) is 2. The summed E-state index contributed by atoms with van der Waals surface area (Å²) in [6, 6.07) is 12.0. The summed E-state index contributed by atoms with van der Waals surface area (Å²) in [6.45, 7) is 0.0980. The first-order valence-corrected chi connectivity index (χ1v) is 7.32. The molecular formula is C16H13Cl2NO4. The first-order valence-electron chi connectivity index (χ1n) is 6.57. The van der Waals surface area contributed by atoms with E-state index in [-0.39, 0.29) is 28.6 Å². The number of halogens is 2. The number of anilines is 1. The molecule has 120 valence electrons. The number of carbonyl (C=O) groups is 2. The predicted octanol–water partition coefficient (Wildman–Crippen LogP) is 4.48. The van der Waals surface area contributed by atoms with Crippen molar-refractivity contribution < 1.29 is 19.1 Å². The largest absolute Gasteiger partial charge is 0.494 e. The molecule has 0 spiro atoms. The van der Waals surface area contributed by atoms with Crippen LogP contribution in [0.25, 0.3) is 0 Å². The molecule has 0 saturated carbocycles. The molecule has 0 saturated heterocycles. The molecule has 0 aliphatic carbocycles. The number of carbonyl (C=O) groups excluding carboxylic acids is 2. The van der Waals surface area contributed by atoms with Crippen molar-refractivity contribution in [2.75, 3.05) is 12.4 Å². The van der Waals surface area contributed by atoms with Crippen LogP contribution < -0.4 is 10.1 Å². The molecule has 0 aliphatic rings. The maximum absolute atomic E-state index is 11.9. The molecule has 5 nitrogen and oxygen atoms in total. The molecular weight excluding hydrogens is 341 g/mol. The minimum Gasteiger partial charge on any atom is -0.494 e. The van der Waals surface area contributed by atoms with Crippen LogP contribution in [0.1, 0.15) is 15.9 Å². The highest BCUT2D eigenvalue weighted by atomic mass is 35.5. The molecule has 0 bridgehead atoms. The molecule has 1 amide bonds. The van der Waals surface area contributed by atoms with E-state index in [1.807, 2.05) is 30.3 Å². The van der Waals surface area contributed by atoms with Crippen LogP contribution in [0.2, 0.25) is 5.02 Å². The van der Waals surface area contributed by atoms with E-state index in [4.69, 9.17) is 32.7 Å². The standard InChI is InChI=1S/C16H13Cl2NO4/c1-22-14-11(15(18)20)7-8-12(17)13(14)19-16(21)23-9-10-5-3-2-4-6-10/h2-8H,9H2,1H3,(H,19,21). The Morgan fingerprint density at radius 2 is 1.83 bits per heavy atom. The Bertz CT molecular complexity index is 720. The zero-order valence-corrected chi connectivity index (χ0v) is 13.6. The fourth-order valence-corrected chi connectivity index (χ4v) is 2.25. The summed E-state index contributed by atoms with van der Waals surface area (Å²) in [4.78, 5) is 23.3. The normalized spacial score (nSPS) is 10.0. The molecule has 0 aromatic heterocycles. The summed E-state index contributed by atoms with van der Waals surface area (Å²) < 4.78 is 10.2. The van der Waals surface area contributed by atoms with Gasteiger partial charge in [0, 0.05) is 0 Å². The van der Waals surface area contributed by atoms with Gasteiger partial charge in [-0.15, -0.1) is 0 Å². The second-order valence-corrected chi connectivity index (χ2v) is 5.21. The van der Waals surface area contributed by atoms with Crippen molar-refractivity contribution in [2.24, 2.45) is 0 Å². The van der Waals surface area contributed by atoms with E-state index in [1.165, 1.54) is 19.2 Å². The summed E-state index contributed by atoms with van der Waals surface area (Å²) in [5.74, 6) is 0.0779. The van der Waals surface area contributed by atoms with Crippen LogP contribution in [0.4, 0.5) is 10.5 Å². The third-order valence-corrected chi connectivity index (χ3v) is 3.48. The lowest BCUT2D eigenvalue weighted by molar-refractivity contribution is 0.107. The molecule has 7 heteroatoms. The van der Waals surface area contributed by atoms with E-state index in [0.717, 1.165) is 5.56 Å². The van der Waals surface area contributed by atoms with Crippen molar-refractivity contribution in [3.63, 3.8) is 0 Å². The molecule has 2 rings (SSSR count). The lowest BCUT2D eigenvalue weighted by Gasteiger charge is -2.14. The third kappa shape index (κ3) is 4.37. The zero-order chi connectivity index (χ0) is 16.8. The molecule has 0 fully saturated rings. The Kier molecular flexibility index (Phi) is 5.84. The van der Waals surface area contributed by atoms with Crippen molar-refractivity contribution in [2.45, 2.75) is 6.61 Å². The second kappa shape index (κ2) is 7.85. The van der Waals surface area contributed by atoms with E-state index < -0.39 is 11.3 Å². The van der Waals surface area contributed by atoms with Crippen molar-refractivity contribution in [3.05, 3.63) is 58.6 Å². The molecule has 23 heavy (non-hydrogen) atoms. The van der Waals surface area contributed by atoms with Gasteiger partial charge in [0.1, 0.15) is 12.3 Å². The maximum atomic E-state index is 11.9. The Hall–Kier alpha value is -2.24. The summed E-state index contributed by atoms with van der Waals surface area (Å²) in [7, 11) is 1.34. The van der Waals surface area contributed by atoms with Crippen LogP contribution in [0, 0.1) is 0 Å². The van der Waals surface area contributed by atoms with Crippen molar-refractivity contribution in [3.8, 4) is 5.75 Å². The first-order chi connectivity index (χ1) is 11.0. The fourth-order valence-electron chi connectivity index (χ4n) is 1.90. The number of hydrogen-bond donors (Lipinski definition) is 1. The molecule has 0 aliphatic heterocycles. The minimum absolute atomic E-state index is 0.0779. The second-order valence-electron chi connectivity index (χ2n) is 4.46. The quantitative estimate of drug-likeness (QED) is 0.805. The highest BCUT2D eigenvalue weighted by Gasteiger charge is 2.19. The van der Waals surface area contributed by atoms with Gasteiger partial charge < -0.3 is 9.47 Å². The van der Waals surface area contributed by atoms with E-state index in [1.54, 1.807) is 0 Å². The average molecular weight is 354 g/mol. The van der Waals surface area contributed by atoms with Gasteiger partial charge in [-0.3, -0.25) is 10.1 Å². The van der Waals surface area contributed by atoms with Gasteiger partial charge in [0.2, 0.25) is 0 Å². The van der Waals surface area contributed by atoms with Crippen LogP contribution in [0.15, 0.2) is 42.5 Å². The monoisotopic (exact) mass is 353 g/mol. The SMILES string of the molecule is COc1c(C(=O)Cl)ccc(Cl)c1NC(=O)OCc1ccccc1. The summed E-state index contributed by atoms with van der Waals surface area (Å²) in [5, 5.41) is 1.94. The highest BCUT2D eigenvalue weighted by molar-refractivity contribution is 6.68. The number of benzene rings is 2. The maximum Gasteiger partial charge on any atom is 0.412 e. The number of amides is 1. The van der Waals surface area contributed by atoms with E-state index in [0.29, 0.717) is 0 Å². The molecule has 1 N–H and O–H groups in total. The third-order valence-electron chi connectivity index (χ3n) is 2.96. The Morgan fingerprint density at radius 1 is 1.13 bits per heavy atom. The smallest absolute Gasteiger partial charge is 0.412 e. The number of methoxy groups -OCH3 is 1. The fraction of sp³-hybridized carbons (Fsp3) is 0.125. The molecule has 0 unspecified atom stereocenters. The molecule has 0 atom stereocenters. The molecule has 2 aromatic carbocycles. The summed E-state index contributed by atoms with van der Waals surface area (Å²) in [5.41, 5.74) is 1.06. The average Bonchev–Trinajstić information content (AvgIpc) is 2.55. The van der Waals surface area contributed by atoms with Crippen molar-refractivity contribution in [1.82, 2.24) is 0 Å². The number of rotatable bonds is 5. The van der Waals surface area contributed by atoms with E-state index in [9.17, 15) is 9.59 Å². The highest BCUT2D eigenvalue weighted by Crippen LogP contribution is 2.36. The molecule has 2 aromatic rings. The van der Waals surface area contributed by atoms with Gasteiger partial charge in [0.25, 0.3) is 5.24 Å². The summed E-state index contributed by atoms with van der Waals surface area (Å²) in [6.07, 6.45) is -0.728. The van der Waals surface area contributed by atoms with Gasteiger partial charge in [0.15, 0.2) is 5.75 Å². The van der Waals surface area contributed by atoms with Crippen LogP contribution in [-0.2, 0) is 11.3 Å². The van der Waals surface area contributed by atoms with Crippen molar-refractivity contribution in [1.29, 1.82) is 0 Å². The Labute approximate surface area is 143 Å². The van der Waals surface area contributed by atoms with E-state index >= 15 is 0 Å². The molecule has 0 radical (unpaired) electrons. The van der Waals surface area contributed by atoms with Crippen LogP contribution >= 0.6 is 23.2 Å². The van der Waals surface area contributed by atoms with Gasteiger partial charge in [-0.05, 0) is 29.3 Å². The summed E-state index contributed by atoms with van der Waals surface area (Å²) >= 11 is 11.5. The van der Waals surface area contributed by atoms with Gasteiger partial charge in [0.05, 0.1) is 17.7 Å². The predicted molar refractivity (Wildman–Crippen MR) is 88.4 cm³/mol. The van der Waals surface area contributed by atoms with Gasteiger partial charge in [-0.1, -0.05) is 41.9 Å². The van der Waals surface area contributed by atoms with Crippen LogP contribution in [-0.4, -0.2) is 18.4 Å². The lowest BCUT2D eigenvalue weighted by Crippen LogP contribution is -2.15. The zero-order valence-electron chi connectivity index (χ0n) is 12.1. The number of nitrogens with one attached hydrogen (secondary N) is 1. The van der Waals surface area contributed by atoms with Gasteiger partial charge in [-0.2, -0.15) is 0 Å². The molecule has 0 heterocycles. The van der Waals surface area contributed by atoms with E-state index in [2.05, 4.69) is 5.32 Å². The van der Waals surface area contributed by atoms with Crippen LogP contribution in [0.3, 0.4) is 0 Å². The van der Waals surface area contributed by atoms with Gasteiger partial charge in [-0.25, -0.2) is 4.79 Å². The Balaban J connectivity index is 2.14. The van der Waals surface area contributed by atoms with Gasteiger partial charge >= 0.3 is 6.09 Å². The number of hydrogen-bond acceptors (Lipinski definition) is 4. The minimum atomic E-state index is -0.728. The van der Waals surface area contributed by atoms with Crippen molar-refractivity contribution >= 4 is 40.2 Å². The first kappa shape index (κ1) is 17.1.